The molecule has 0 radical (unpaired) electrons. The first-order valence-electron chi connectivity index (χ1n) is 7.48. The first kappa shape index (κ1) is 13.0. The summed E-state index contributed by atoms with van der Waals surface area (Å²) in [5, 5.41) is 5.83. The number of thiophene rings is 1. The molecular weight excluding hydrogens is 280 g/mol. The van der Waals surface area contributed by atoms with Gasteiger partial charge in [0.1, 0.15) is 11.3 Å². The van der Waals surface area contributed by atoms with Gasteiger partial charge in [-0.2, -0.15) is 0 Å². The number of nitrogens with one attached hydrogen (secondary N) is 1. The first-order chi connectivity index (χ1) is 10.4. The number of rotatable bonds is 3. The minimum atomic E-state index is 0.207. The highest BCUT2D eigenvalue weighted by Gasteiger charge is 2.27. The molecule has 0 spiro atoms. The van der Waals surface area contributed by atoms with Crippen molar-refractivity contribution >= 4 is 22.4 Å². The number of hydrogen-bond donors (Lipinski definition) is 1. The average molecular weight is 298 g/mol. The zero-order valence-electron chi connectivity index (χ0n) is 12.0. The van der Waals surface area contributed by atoms with Gasteiger partial charge in [0.25, 0.3) is 0 Å². The number of imidazole rings is 1. The quantitative estimate of drug-likeness (QED) is 0.808. The van der Waals surface area contributed by atoms with Crippen LogP contribution < -0.4 is 5.32 Å². The predicted molar refractivity (Wildman–Crippen MR) is 85.7 cm³/mol. The molecule has 4 heterocycles. The van der Waals surface area contributed by atoms with Crippen LogP contribution in [-0.2, 0) is 13.0 Å². The van der Waals surface area contributed by atoms with E-state index in [0.29, 0.717) is 0 Å². The van der Waals surface area contributed by atoms with Gasteiger partial charge in [0, 0.05) is 24.2 Å². The third kappa shape index (κ3) is 2.08. The van der Waals surface area contributed by atoms with Crippen LogP contribution in [0, 0.1) is 0 Å². The third-order valence-electron chi connectivity index (χ3n) is 4.08. The van der Waals surface area contributed by atoms with Crippen LogP contribution >= 0.6 is 11.3 Å². The summed E-state index contributed by atoms with van der Waals surface area (Å²) in [6.07, 6.45) is 5.94. The first-order valence-corrected chi connectivity index (χ1v) is 8.36. The summed E-state index contributed by atoms with van der Waals surface area (Å²) < 4.78 is 2.35. The molecule has 4 nitrogen and oxygen atoms in total. The molecule has 1 aliphatic heterocycles. The molecule has 3 aromatic heterocycles. The van der Waals surface area contributed by atoms with Crippen LogP contribution in [0.3, 0.4) is 0 Å². The van der Waals surface area contributed by atoms with Crippen molar-refractivity contribution in [3.05, 3.63) is 46.2 Å². The fraction of sp³-hybridized carbons (Fsp3) is 0.375. The lowest BCUT2D eigenvalue weighted by atomic mass is 10.0. The van der Waals surface area contributed by atoms with E-state index in [-0.39, 0.29) is 6.04 Å². The zero-order valence-corrected chi connectivity index (χ0v) is 12.9. The second kappa shape index (κ2) is 5.24. The highest BCUT2D eigenvalue weighted by atomic mass is 32.1. The van der Waals surface area contributed by atoms with Gasteiger partial charge in [-0.15, -0.1) is 11.3 Å². The molecular formula is C16H18N4S. The molecule has 0 aliphatic carbocycles. The van der Waals surface area contributed by atoms with Crippen molar-refractivity contribution in [2.45, 2.75) is 32.4 Å². The van der Waals surface area contributed by atoms with Crippen molar-refractivity contribution in [1.29, 1.82) is 0 Å². The normalized spacial score (nSPS) is 18.0. The summed E-state index contributed by atoms with van der Waals surface area (Å²) in [7, 11) is 0. The van der Waals surface area contributed by atoms with E-state index >= 15 is 0 Å². The second-order valence-electron chi connectivity index (χ2n) is 5.42. The molecule has 5 heteroatoms. The van der Waals surface area contributed by atoms with E-state index in [4.69, 9.17) is 4.98 Å². The van der Waals surface area contributed by atoms with Gasteiger partial charge in [0.2, 0.25) is 0 Å². The molecule has 1 unspecified atom stereocenters. The largest absolute Gasteiger partial charge is 0.326 e. The second-order valence-corrected chi connectivity index (χ2v) is 6.42. The Morgan fingerprint density at radius 1 is 1.43 bits per heavy atom. The Balaban J connectivity index is 1.89. The van der Waals surface area contributed by atoms with Crippen molar-refractivity contribution in [3.63, 3.8) is 0 Å². The van der Waals surface area contributed by atoms with Crippen molar-refractivity contribution < 1.29 is 0 Å². The maximum Gasteiger partial charge on any atom is 0.131 e. The Kier molecular flexibility index (Phi) is 3.24. The van der Waals surface area contributed by atoms with E-state index in [1.165, 1.54) is 16.0 Å². The molecule has 0 amide bonds. The predicted octanol–water partition coefficient (Wildman–Crippen LogP) is 3.14. The SMILES string of the molecule is CCCn1c(C2NCCc3sccc32)nc2cnccc21. The molecule has 0 bridgehead atoms. The summed E-state index contributed by atoms with van der Waals surface area (Å²) in [6, 6.07) is 4.52. The van der Waals surface area contributed by atoms with Gasteiger partial charge in [0.15, 0.2) is 0 Å². The molecule has 21 heavy (non-hydrogen) atoms. The summed E-state index contributed by atoms with van der Waals surface area (Å²) in [5.41, 5.74) is 3.57. The Bertz CT molecular complexity index is 774. The number of aryl methyl sites for hydroxylation is 1. The zero-order chi connectivity index (χ0) is 14.2. The van der Waals surface area contributed by atoms with Gasteiger partial charge < -0.3 is 9.88 Å². The Morgan fingerprint density at radius 2 is 2.38 bits per heavy atom. The summed E-state index contributed by atoms with van der Waals surface area (Å²) >= 11 is 1.86. The van der Waals surface area contributed by atoms with Gasteiger partial charge in [0.05, 0.1) is 17.8 Å². The molecule has 1 N–H and O–H groups in total. The topological polar surface area (TPSA) is 42.7 Å². The maximum absolute atomic E-state index is 4.88. The minimum absolute atomic E-state index is 0.207. The Morgan fingerprint density at radius 3 is 3.29 bits per heavy atom. The van der Waals surface area contributed by atoms with Crippen molar-refractivity contribution in [2.75, 3.05) is 6.54 Å². The lowest BCUT2D eigenvalue weighted by Crippen LogP contribution is -2.31. The van der Waals surface area contributed by atoms with Crippen molar-refractivity contribution in [2.24, 2.45) is 0 Å². The molecule has 1 atom stereocenters. The van der Waals surface area contributed by atoms with E-state index in [2.05, 4.69) is 39.3 Å². The third-order valence-corrected chi connectivity index (χ3v) is 5.07. The Hall–Kier alpha value is -1.72. The number of aromatic nitrogens is 3. The molecule has 1 aliphatic rings. The summed E-state index contributed by atoms with van der Waals surface area (Å²) in [5.74, 6) is 1.12. The van der Waals surface area contributed by atoms with Crippen LogP contribution in [0.2, 0.25) is 0 Å². The van der Waals surface area contributed by atoms with Gasteiger partial charge in [-0.05, 0) is 35.9 Å². The fourth-order valence-electron chi connectivity index (χ4n) is 3.16. The number of fused-ring (bicyclic) bond motifs is 2. The molecule has 4 rings (SSSR count). The van der Waals surface area contributed by atoms with Gasteiger partial charge >= 0.3 is 0 Å². The van der Waals surface area contributed by atoms with Crippen LogP contribution in [0.15, 0.2) is 29.9 Å². The molecule has 0 fully saturated rings. The Labute approximate surface area is 127 Å². The van der Waals surface area contributed by atoms with E-state index in [1.807, 2.05) is 23.7 Å². The van der Waals surface area contributed by atoms with Gasteiger partial charge in [-0.1, -0.05) is 6.92 Å². The maximum atomic E-state index is 4.88. The van der Waals surface area contributed by atoms with Crippen LogP contribution in [0.25, 0.3) is 11.0 Å². The summed E-state index contributed by atoms with van der Waals surface area (Å²) in [6.45, 7) is 4.22. The van der Waals surface area contributed by atoms with Crippen LogP contribution in [0.5, 0.6) is 0 Å². The smallest absolute Gasteiger partial charge is 0.131 e. The van der Waals surface area contributed by atoms with Crippen LogP contribution in [-0.4, -0.2) is 21.1 Å². The number of hydrogen-bond acceptors (Lipinski definition) is 4. The lowest BCUT2D eigenvalue weighted by molar-refractivity contribution is 0.519. The molecule has 0 saturated carbocycles. The number of nitrogens with zero attached hydrogens (tertiary/aromatic N) is 3. The minimum Gasteiger partial charge on any atom is -0.326 e. The molecule has 0 saturated heterocycles. The monoisotopic (exact) mass is 298 g/mol. The van der Waals surface area contributed by atoms with Crippen LogP contribution in [0.4, 0.5) is 0 Å². The molecule has 108 valence electrons. The average Bonchev–Trinajstić information content (AvgIpc) is 3.12. The van der Waals surface area contributed by atoms with Gasteiger partial charge in [-0.3, -0.25) is 4.98 Å². The highest BCUT2D eigenvalue weighted by Crippen LogP contribution is 2.33. The standard InChI is InChI=1S/C16H18N4S/c1-2-8-20-13-3-6-17-10-12(13)19-16(20)15-11-5-9-21-14(11)4-7-18-15/h3,5-6,9-10,15,18H,2,4,7-8H2,1H3. The van der Waals surface area contributed by atoms with Crippen LogP contribution in [0.1, 0.15) is 35.7 Å². The van der Waals surface area contributed by atoms with Crippen molar-refractivity contribution in [1.82, 2.24) is 19.9 Å². The molecule has 3 aromatic rings. The lowest BCUT2D eigenvalue weighted by Gasteiger charge is -2.24. The number of pyridine rings is 1. The van der Waals surface area contributed by atoms with Gasteiger partial charge in [-0.25, -0.2) is 4.98 Å². The van der Waals surface area contributed by atoms with E-state index < -0.39 is 0 Å². The summed E-state index contributed by atoms with van der Waals surface area (Å²) in [4.78, 5) is 10.6. The van der Waals surface area contributed by atoms with E-state index in [1.54, 1.807) is 0 Å². The van der Waals surface area contributed by atoms with E-state index in [0.717, 1.165) is 37.3 Å². The van der Waals surface area contributed by atoms with Crippen molar-refractivity contribution in [3.8, 4) is 0 Å². The molecule has 0 aromatic carbocycles. The highest BCUT2D eigenvalue weighted by molar-refractivity contribution is 7.10. The fourth-order valence-corrected chi connectivity index (χ4v) is 4.08. The van der Waals surface area contributed by atoms with E-state index in [9.17, 15) is 0 Å².